The van der Waals surface area contributed by atoms with Gasteiger partial charge in [0.1, 0.15) is 0 Å². The molecule has 1 aromatic heterocycles. The van der Waals surface area contributed by atoms with E-state index in [1.54, 1.807) is 0 Å². The standard InChI is InChI=1S/C3H2F3N3/c4-3(5,6)9-2-1-7-8-9/h1-2H. The normalized spacial score (nSPS) is 11.9. The molecule has 0 atom stereocenters. The van der Waals surface area contributed by atoms with E-state index in [2.05, 4.69) is 10.3 Å². The van der Waals surface area contributed by atoms with Crippen molar-refractivity contribution in [2.24, 2.45) is 0 Å². The van der Waals surface area contributed by atoms with E-state index in [1.165, 1.54) is 0 Å². The Morgan fingerprint density at radius 3 is 2.22 bits per heavy atom. The van der Waals surface area contributed by atoms with Crippen LogP contribution in [0.5, 0.6) is 0 Å². The van der Waals surface area contributed by atoms with Gasteiger partial charge in [0, 0.05) is 0 Å². The highest BCUT2D eigenvalue weighted by Gasteiger charge is 2.31. The van der Waals surface area contributed by atoms with E-state index in [0.717, 1.165) is 12.4 Å². The molecule has 0 aliphatic carbocycles. The molecule has 0 aromatic carbocycles. The number of halogens is 3. The number of nitrogens with zero attached hydrogens (tertiary/aromatic N) is 3. The fourth-order valence-electron chi connectivity index (χ4n) is 0.343. The summed E-state index contributed by atoms with van der Waals surface area (Å²) in [5.74, 6) is 0. The Kier molecular flexibility index (Phi) is 1.15. The molecular formula is C3H2F3N3. The molecule has 0 radical (unpaired) electrons. The Morgan fingerprint density at radius 1 is 1.33 bits per heavy atom. The molecule has 0 saturated carbocycles. The predicted octanol–water partition coefficient (Wildman–Crippen LogP) is 0.754. The van der Waals surface area contributed by atoms with E-state index in [9.17, 15) is 13.2 Å². The Labute approximate surface area is 48.1 Å². The van der Waals surface area contributed by atoms with Crippen molar-refractivity contribution in [3.8, 4) is 0 Å². The first-order valence-electron chi connectivity index (χ1n) is 2.04. The van der Waals surface area contributed by atoms with Gasteiger partial charge in [-0.15, -0.1) is 18.3 Å². The fourth-order valence-corrected chi connectivity index (χ4v) is 0.343. The van der Waals surface area contributed by atoms with Gasteiger partial charge in [-0.2, -0.15) is 4.68 Å². The highest BCUT2D eigenvalue weighted by atomic mass is 19.4. The molecular weight excluding hydrogens is 135 g/mol. The topological polar surface area (TPSA) is 30.7 Å². The molecule has 3 nitrogen and oxygen atoms in total. The third-order valence-corrected chi connectivity index (χ3v) is 0.682. The van der Waals surface area contributed by atoms with Gasteiger partial charge in [-0.25, -0.2) is 0 Å². The summed E-state index contributed by atoms with van der Waals surface area (Å²) in [7, 11) is 0. The van der Waals surface area contributed by atoms with Crippen molar-refractivity contribution in [1.82, 2.24) is 15.0 Å². The molecule has 0 saturated heterocycles. The predicted molar refractivity (Wildman–Crippen MR) is 21.3 cm³/mol. The SMILES string of the molecule is FC(F)(F)n1ccnn1. The lowest BCUT2D eigenvalue weighted by atomic mass is 10.9. The van der Waals surface area contributed by atoms with Gasteiger partial charge in [0.05, 0.1) is 12.4 Å². The second kappa shape index (κ2) is 1.71. The quantitative estimate of drug-likeness (QED) is 0.528. The Balaban J connectivity index is 2.90. The van der Waals surface area contributed by atoms with Crippen LogP contribution in [0.25, 0.3) is 0 Å². The fraction of sp³-hybridized carbons (Fsp3) is 0.333. The molecule has 0 aliphatic rings. The summed E-state index contributed by atoms with van der Waals surface area (Å²) >= 11 is 0. The first kappa shape index (κ1) is 6.06. The van der Waals surface area contributed by atoms with Crippen molar-refractivity contribution in [3.63, 3.8) is 0 Å². The lowest BCUT2D eigenvalue weighted by molar-refractivity contribution is -0.213. The summed E-state index contributed by atoms with van der Waals surface area (Å²) in [5.41, 5.74) is 0. The van der Waals surface area contributed by atoms with Crippen LogP contribution in [0.1, 0.15) is 0 Å². The van der Waals surface area contributed by atoms with Crippen LogP contribution in [-0.4, -0.2) is 15.0 Å². The van der Waals surface area contributed by atoms with Gasteiger partial charge in [-0.1, -0.05) is 5.21 Å². The smallest absolute Gasteiger partial charge is 0.159 e. The molecule has 6 heteroatoms. The average Bonchev–Trinajstić information content (AvgIpc) is 2.08. The van der Waals surface area contributed by atoms with Crippen LogP contribution in [0.2, 0.25) is 0 Å². The molecule has 0 N–H and O–H groups in total. The van der Waals surface area contributed by atoms with E-state index in [4.69, 9.17) is 0 Å². The summed E-state index contributed by atoms with van der Waals surface area (Å²) in [6, 6.07) is 0. The van der Waals surface area contributed by atoms with Crippen LogP contribution in [0.15, 0.2) is 12.4 Å². The Hall–Kier alpha value is -1.07. The number of alkyl halides is 3. The second-order valence-corrected chi connectivity index (χ2v) is 1.32. The number of aromatic nitrogens is 3. The summed E-state index contributed by atoms with van der Waals surface area (Å²) < 4.78 is 34.3. The maximum absolute atomic E-state index is 11.5. The Morgan fingerprint density at radius 2 is 2.00 bits per heavy atom. The van der Waals surface area contributed by atoms with Gasteiger partial charge in [-0.05, 0) is 0 Å². The van der Waals surface area contributed by atoms with Crippen molar-refractivity contribution in [2.75, 3.05) is 0 Å². The van der Waals surface area contributed by atoms with Gasteiger partial charge in [0.15, 0.2) is 0 Å². The molecule has 1 aromatic rings. The van der Waals surface area contributed by atoms with Gasteiger partial charge in [0.25, 0.3) is 0 Å². The van der Waals surface area contributed by atoms with Crippen molar-refractivity contribution in [2.45, 2.75) is 6.30 Å². The summed E-state index contributed by atoms with van der Waals surface area (Å²) in [6.45, 7) is 0. The van der Waals surface area contributed by atoms with Gasteiger partial charge < -0.3 is 0 Å². The molecule has 1 heterocycles. The Bertz CT molecular complexity index is 177. The van der Waals surface area contributed by atoms with Crippen LogP contribution in [0.3, 0.4) is 0 Å². The monoisotopic (exact) mass is 137 g/mol. The van der Waals surface area contributed by atoms with Gasteiger partial charge >= 0.3 is 6.30 Å². The van der Waals surface area contributed by atoms with Crippen molar-refractivity contribution >= 4 is 0 Å². The number of rotatable bonds is 0. The minimum absolute atomic E-state index is 0.174. The zero-order valence-electron chi connectivity index (χ0n) is 4.13. The highest BCUT2D eigenvalue weighted by Crippen LogP contribution is 2.18. The maximum atomic E-state index is 11.5. The van der Waals surface area contributed by atoms with Crippen LogP contribution in [-0.2, 0) is 6.30 Å². The van der Waals surface area contributed by atoms with E-state index >= 15 is 0 Å². The lowest BCUT2D eigenvalue weighted by Crippen LogP contribution is -2.16. The molecule has 0 bridgehead atoms. The van der Waals surface area contributed by atoms with Crippen molar-refractivity contribution in [3.05, 3.63) is 12.4 Å². The van der Waals surface area contributed by atoms with E-state index in [-0.39, 0.29) is 4.68 Å². The highest BCUT2D eigenvalue weighted by molar-refractivity contribution is 4.65. The first-order valence-corrected chi connectivity index (χ1v) is 2.04. The molecule has 0 aliphatic heterocycles. The molecule has 50 valence electrons. The number of hydrogen-bond donors (Lipinski definition) is 0. The maximum Gasteiger partial charge on any atom is 0.505 e. The van der Waals surface area contributed by atoms with Crippen LogP contribution >= 0.6 is 0 Å². The van der Waals surface area contributed by atoms with E-state index < -0.39 is 6.30 Å². The zero-order chi connectivity index (χ0) is 6.91. The van der Waals surface area contributed by atoms with Crippen LogP contribution in [0, 0.1) is 0 Å². The summed E-state index contributed by atoms with van der Waals surface area (Å²) in [5, 5.41) is 5.71. The van der Waals surface area contributed by atoms with E-state index in [1.807, 2.05) is 0 Å². The van der Waals surface area contributed by atoms with Crippen molar-refractivity contribution in [1.29, 1.82) is 0 Å². The molecule has 1 rings (SSSR count). The van der Waals surface area contributed by atoms with Gasteiger partial charge in [0.2, 0.25) is 0 Å². The summed E-state index contributed by atoms with van der Waals surface area (Å²) in [4.78, 5) is 0. The lowest BCUT2D eigenvalue weighted by Gasteiger charge is -2.01. The third-order valence-electron chi connectivity index (χ3n) is 0.682. The average molecular weight is 137 g/mol. The number of hydrogen-bond acceptors (Lipinski definition) is 2. The second-order valence-electron chi connectivity index (χ2n) is 1.32. The van der Waals surface area contributed by atoms with E-state index in [0.29, 0.717) is 0 Å². The summed E-state index contributed by atoms with van der Waals surface area (Å²) in [6.07, 6.45) is -2.73. The largest absolute Gasteiger partial charge is 0.505 e. The first-order chi connectivity index (χ1) is 4.11. The third kappa shape index (κ3) is 1.18. The molecule has 9 heavy (non-hydrogen) atoms. The minimum Gasteiger partial charge on any atom is -0.159 e. The van der Waals surface area contributed by atoms with Crippen molar-refractivity contribution < 1.29 is 13.2 Å². The molecule has 0 unspecified atom stereocenters. The van der Waals surface area contributed by atoms with Gasteiger partial charge in [-0.3, -0.25) is 0 Å². The molecule has 0 amide bonds. The minimum atomic E-state index is -4.43. The van der Waals surface area contributed by atoms with Crippen LogP contribution in [0.4, 0.5) is 13.2 Å². The molecule has 0 fully saturated rings. The molecule has 0 spiro atoms. The van der Waals surface area contributed by atoms with Crippen LogP contribution < -0.4 is 0 Å². The zero-order valence-corrected chi connectivity index (χ0v) is 4.13.